The molecule has 146 valence electrons. The standard InChI is InChI=1S/C23H33F3/c1-2-3-4-5-6-7-8-9-18-10-12-19(13-11-18)14-15-20-16-21(24)23(26)22(25)17-20/h4-5,16-19H,2-3,6-15H2,1H3/b5-4+/t18-,19-. The zero-order valence-corrected chi connectivity index (χ0v) is 16.1. The van der Waals surface area contributed by atoms with Crippen molar-refractivity contribution in [1.82, 2.24) is 0 Å². The zero-order valence-electron chi connectivity index (χ0n) is 16.1. The molecule has 0 unspecified atom stereocenters. The Hall–Kier alpha value is -1.25. The topological polar surface area (TPSA) is 0 Å². The Labute approximate surface area is 156 Å². The monoisotopic (exact) mass is 366 g/mol. The molecule has 0 saturated heterocycles. The molecule has 1 aliphatic carbocycles. The maximum absolute atomic E-state index is 13.3. The third-order valence-electron chi connectivity index (χ3n) is 5.71. The fraction of sp³-hybridized carbons (Fsp3) is 0.652. The predicted molar refractivity (Wildman–Crippen MR) is 103 cm³/mol. The average Bonchev–Trinajstić information content (AvgIpc) is 2.64. The smallest absolute Gasteiger partial charge is 0.194 e. The van der Waals surface area contributed by atoms with Gasteiger partial charge in [-0.1, -0.05) is 64.0 Å². The van der Waals surface area contributed by atoms with Crippen molar-refractivity contribution < 1.29 is 13.2 Å². The largest absolute Gasteiger partial charge is 0.204 e. The summed E-state index contributed by atoms with van der Waals surface area (Å²) in [5, 5.41) is 0. The van der Waals surface area contributed by atoms with Gasteiger partial charge >= 0.3 is 0 Å². The highest BCUT2D eigenvalue weighted by Crippen LogP contribution is 2.34. The summed E-state index contributed by atoms with van der Waals surface area (Å²) in [7, 11) is 0. The molecule has 0 nitrogen and oxygen atoms in total. The fourth-order valence-electron chi connectivity index (χ4n) is 4.03. The highest BCUT2D eigenvalue weighted by Gasteiger charge is 2.21. The number of allylic oxidation sites excluding steroid dienone is 2. The molecule has 1 fully saturated rings. The lowest BCUT2D eigenvalue weighted by Crippen LogP contribution is -2.15. The molecule has 1 aliphatic rings. The van der Waals surface area contributed by atoms with E-state index in [1.165, 1.54) is 64.2 Å². The molecular formula is C23H33F3. The number of rotatable bonds is 10. The van der Waals surface area contributed by atoms with Crippen LogP contribution in [0.15, 0.2) is 24.3 Å². The molecule has 0 heterocycles. The van der Waals surface area contributed by atoms with Gasteiger partial charge in [0.15, 0.2) is 17.5 Å². The lowest BCUT2D eigenvalue weighted by Gasteiger charge is -2.28. The second kappa shape index (κ2) is 11.5. The summed E-state index contributed by atoms with van der Waals surface area (Å²) in [4.78, 5) is 0. The summed E-state index contributed by atoms with van der Waals surface area (Å²) in [6.45, 7) is 2.21. The van der Waals surface area contributed by atoms with Crippen LogP contribution < -0.4 is 0 Å². The molecule has 3 heteroatoms. The Morgan fingerprint density at radius 3 is 2.04 bits per heavy atom. The zero-order chi connectivity index (χ0) is 18.8. The van der Waals surface area contributed by atoms with Crippen molar-refractivity contribution in [2.24, 2.45) is 11.8 Å². The third kappa shape index (κ3) is 7.17. The lowest BCUT2D eigenvalue weighted by atomic mass is 9.78. The summed E-state index contributed by atoms with van der Waals surface area (Å²) in [5.41, 5.74) is 0.569. The molecule has 0 amide bonds. The molecule has 0 aliphatic heterocycles. The van der Waals surface area contributed by atoms with E-state index in [1.807, 2.05) is 0 Å². The second-order valence-corrected chi connectivity index (χ2v) is 7.84. The quantitative estimate of drug-likeness (QED) is 0.225. The van der Waals surface area contributed by atoms with Gasteiger partial charge in [0.2, 0.25) is 0 Å². The Balaban J connectivity index is 1.60. The molecule has 0 aromatic heterocycles. The van der Waals surface area contributed by atoms with Gasteiger partial charge in [0.1, 0.15) is 0 Å². The third-order valence-corrected chi connectivity index (χ3v) is 5.71. The fourth-order valence-corrected chi connectivity index (χ4v) is 4.03. The van der Waals surface area contributed by atoms with Gasteiger partial charge in [0, 0.05) is 0 Å². The predicted octanol–water partition coefficient (Wildman–Crippen LogP) is 7.76. The van der Waals surface area contributed by atoms with Gasteiger partial charge in [0.25, 0.3) is 0 Å². The van der Waals surface area contributed by atoms with Crippen LogP contribution >= 0.6 is 0 Å². The summed E-state index contributed by atoms with van der Waals surface area (Å²) in [5.74, 6) is -2.03. The van der Waals surface area contributed by atoms with E-state index in [9.17, 15) is 13.2 Å². The number of aryl methyl sites for hydroxylation is 1. The van der Waals surface area contributed by atoms with Crippen LogP contribution in [0, 0.1) is 29.3 Å². The average molecular weight is 367 g/mol. The molecule has 0 atom stereocenters. The van der Waals surface area contributed by atoms with Crippen molar-refractivity contribution in [1.29, 1.82) is 0 Å². The van der Waals surface area contributed by atoms with Crippen LogP contribution in [-0.4, -0.2) is 0 Å². The van der Waals surface area contributed by atoms with Crippen LogP contribution in [-0.2, 0) is 6.42 Å². The SMILES string of the molecule is CCC/C=C/CCCC[C@H]1CC[C@H](CCc2cc(F)c(F)c(F)c2)CC1. The molecule has 0 spiro atoms. The summed E-state index contributed by atoms with van der Waals surface area (Å²) in [6.07, 6.45) is 18.8. The lowest BCUT2D eigenvalue weighted by molar-refractivity contribution is 0.249. The van der Waals surface area contributed by atoms with Gasteiger partial charge in [-0.05, 0) is 61.6 Å². The number of unbranched alkanes of at least 4 members (excludes halogenated alkanes) is 3. The summed E-state index contributed by atoms with van der Waals surface area (Å²) < 4.78 is 39.5. The molecule has 1 aromatic carbocycles. The van der Waals surface area contributed by atoms with Gasteiger partial charge in [-0.3, -0.25) is 0 Å². The first kappa shape index (κ1) is 21.1. The summed E-state index contributed by atoms with van der Waals surface area (Å²) >= 11 is 0. The van der Waals surface area contributed by atoms with E-state index in [-0.39, 0.29) is 0 Å². The van der Waals surface area contributed by atoms with Crippen LogP contribution in [0.1, 0.15) is 83.1 Å². The Morgan fingerprint density at radius 1 is 0.846 bits per heavy atom. The Kier molecular flexibility index (Phi) is 9.28. The van der Waals surface area contributed by atoms with Crippen LogP contribution in [0.3, 0.4) is 0 Å². The first-order valence-electron chi connectivity index (χ1n) is 10.4. The number of hydrogen-bond donors (Lipinski definition) is 0. The summed E-state index contributed by atoms with van der Waals surface area (Å²) in [6, 6.07) is 2.28. The minimum atomic E-state index is -1.37. The molecule has 1 saturated carbocycles. The molecule has 0 bridgehead atoms. The van der Waals surface area contributed by atoms with Crippen molar-refractivity contribution in [3.05, 3.63) is 47.3 Å². The normalized spacial score (nSPS) is 20.8. The first-order chi connectivity index (χ1) is 12.6. The molecule has 26 heavy (non-hydrogen) atoms. The van der Waals surface area contributed by atoms with Crippen molar-refractivity contribution in [2.45, 2.75) is 84.0 Å². The molecule has 0 radical (unpaired) electrons. The van der Waals surface area contributed by atoms with Crippen molar-refractivity contribution in [2.75, 3.05) is 0 Å². The molecule has 1 aromatic rings. The first-order valence-corrected chi connectivity index (χ1v) is 10.4. The van der Waals surface area contributed by atoms with Gasteiger partial charge < -0.3 is 0 Å². The van der Waals surface area contributed by atoms with Crippen LogP contribution in [0.5, 0.6) is 0 Å². The number of benzene rings is 1. The Bertz CT molecular complexity index is 534. The van der Waals surface area contributed by atoms with Crippen molar-refractivity contribution >= 4 is 0 Å². The van der Waals surface area contributed by atoms with Crippen LogP contribution in [0.25, 0.3) is 0 Å². The number of hydrogen-bond acceptors (Lipinski definition) is 0. The van der Waals surface area contributed by atoms with E-state index >= 15 is 0 Å². The molecule has 0 N–H and O–H groups in total. The number of halogens is 3. The highest BCUT2D eigenvalue weighted by molar-refractivity contribution is 5.19. The minimum Gasteiger partial charge on any atom is -0.204 e. The van der Waals surface area contributed by atoms with Gasteiger partial charge in [-0.2, -0.15) is 0 Å². The van der Waals surface area contributed by atoms with Gasteiger partial charge in [0.05, 0.1) is 0 Å². The van der Waals surface area contributed by atoms with Gasteiger partial charge in [-0.25, -0.2) is 13.2 Å². The van der Waals surface area contributed by atoms with Gasteiger partial charge in [-0.15, -0.1) is 0 Å². The van der Waals surface area contributed by atoms with E-state index in [0.717, 1.165) is 24.5 Å². The van der Waals surface area contributed by atoms with Crippen LogP contribution in [0.4, 0.5) is 13.2 Å². The highest BCUT2D eigenvalue weighted by atomic mass is 19.2. The van der Waals surface area contributed by atoms with E-state index in [4.69, 9.17) is 0 Å². The second-order valence-electron chi connectivity index (χ2n) is 7.84. The van der Waals surface area contributed by atoms with Crippen LogP contribution in [0.2, 0.25) is 0 Å². The maximum Gasteiger partial charge on any atom is 0.194 e. The van der Waals surface area contributed by atoms with E-state index in [2.05, 4.69) is 19.1 Å². The van der Waals surface area contributed by atoms with Crippen molar-refractivity contribution in [3.8, 4) is 0 Å². The maximum atomic E-state index is 13.3. The van der Waals surface area contributed by atoms with E-state index in [1.54, 1.807) is 0 Å². The molecular weight excluding hydrogens is 333 g/mol. The van der Waals surface area contributed by atoms with E-state index in [0.29, 0.717) is 17.9 Å². The molecule has 2 rings (SSSR count). The van der Waals surface area contributed by atoms with E-state index < -0.39 is 17.5 Å². The van der Waals surface area contributed by atoms with Crippen molar-refractivity contribution in [3.63, 3.8) is 0 Å². The minimum absolute atomic E-state index is 0.569. The Morgan fingerprint density at radius 2 is 1.42 bits per heavy atom.